The van der Waals surface area contributed by atoms with Gasteiger partial charge in [0.15, 0.2) is 0 Å². The van der Waals surface area contributed by atoms with Gasteiger partial charge in [-0.2, -0.15) is 0 Å². The summed E-state index contributed by atoms with van der Waals surface area (Å²) in [6, 6.07) is 5.84. The van der Waals surface area contributed by atoms with Crippen LogP contribution in [0.2, 0.25) is 0 Å². The van der Waals surface area contributed by atoms with E-state index >= 15 is 0 Å². The summed E-state index contributed by atoms with van der Waals surface area (Å²) in [5.41, 5.74) is 0.972. The lowest BCUT2D eigenvalue weighted by Crippen LogP contribution is -1.85. The molecule has 12 heavy (non-hydrogen) atoms. The van der Waals surface area contributed by atoms with E-state index in [-0.39, 0.29) is 0 Å². The van der Waals surface area contributed by atoms with Crippen molar-refractivity contribution in [2.75, 3.05) is 7.11 Å². The second-order valence-corrected chi connectivity index (χ2v) is 3.76. The molecule has 64 valence electrons. The maximum atomic E-state index is 4.58. The largest absolute Gasteiger partial charge is 0.399 e. The van der Waals surface area contributed by atoms with Crippen molar-refractivity contribution in [3.63, 3.8) is 0 Å². The summed E-state index contributed by atoms with van der Waals surface area (Å²) < 4.78 is 1.97. The number of hydrogen-bond acceptors (Lipinski definition) is 2. The van der Waals surface area contributed by atoms with Crippen molar-refractivity contribution in [1.29, 1.82) is 0 Å². The van der Waals surface area contributed by atoms with Gasteiger partial charge in [0.25, 0.3) is 0 Å². The van der Waals surface area contributed by atoms with E-state index in [9.17, 15) is 0 Å². The molecule has 0 bridgehead atoms. The highest BCUT2D eigenvalue weighted by atomic mass is 79.9. The van der Waals surface area contributed by atoms with E-state index in [2.05, 4.69) is 41.9 Å². The Morgan fingerprint density at radius 3 is 2.42 bits per heavy atom. The highest BCUT2D eigenvalue weighted by molar-refractivity contribution is 9.11. The normalized spacial score (nSPS) is 10.6. The highest BCUT2D eigenvalue weighted by Crippen LogP contribution is 2.23. The Kier molecular flexibility index (Phi) is 3.75. The van der Waals surface area contributed by atoms with Crippen LogP contribution in [0.25, 0.3) is 0 Å². The lowest BCUT2D eigenvalue weighted by molar-refractivity contribution is 0.215. The van der Waals surface area contributed by atoms with Crippen LogP contribution in [0.5, 0.6) is 0 Å². The first-order valence-electron chi connectivity index (χ1n) is 3.26. The minimum Gasteiger partial charge on any atom is -0.399 e. The van der Waals surface area contributed by atoms with Crippen molar-refractivity contribution >= 4 is 38.1 Å². The number of rotatable bonds is 2. The Morgan fingerprint density at radius 2 is 1.92 bits per heavy atom. The number of halogens is 2. The third-order valence-corrected chi connectivity index (χ3v) is 2.67. The molecular formula is C8H7Br2NO. The number of benzene rings is 1. The molecule has 0 N–H and O–H groups in total. The minimum atomic E-state index is 0.972. The van der Waals surface area contributed by atoms with Crippen LogP contribution in [0.4, 0.5) is 0 Å². The van der Waals surface area contributed by atoms with E-state index in [0.29, 0.717) is 0 Å². The molecule has 0 spiro atoms. The average molecular weight is 293 g/mol. The van der Waals surface area contributed by atoms with E-state index in [1.54, 1.807) is 6.21 Å². The Balaban J connectivity index is 3.04. The quantitative estimate of drug-likeness (QED) is 0.606. The monoisotopic (exact) mass is 291 g/mol. The van der Waals surface area contributed by atoms with Crippen LogP contribution in [0.3, 0.4) is 0 Å². The Bertz CT molecular complexity index is 279. The molecule has 0 aliphatic carbocycles. The number of hydrogen-bond donors (Lipinski definition) is 0. The van der Waals surface area contributed by atoms with Crippen molar-refractivity contribution in [2.45, 2.75) is 0 Å². The molecule has 0 radical (unpaired) electrons. The second kappa shape index (κ2) is 4.62. The standard InChI is InChI=1S/C8H7Br2NO/c1-12-11-5-6-7(9)3-2-4-8(6)10/h2-5H,1H3/b11-5+. The summed E-state index contributed by atoms with van der Waals surface area (Å²) in [5.74, 6) is 0. The molecule has 2 nitrogen and oxygen atoms in total. The lowest BCUT2D eigenvalue weighted by atomic mass is 10.2. The Morgan fingerprint density at radius 1 is 1.33 bits per heavy atom. The first-order valence-corrected chi connectivity index (χ1v) is 4.85. The predicted molar refractivity (Wildman–Crippen MR) is 56.4 cm³/mol. The van der Waals surface area contributed by atoms with Gasteiger partial charge in [0, 0.05) is 14.5 Å². The number of nitrogens with zero attached hydrogens (tertiary/aromatic N) is 1. The van der Waals surface area contributed by atoms with Crippen LogP contribution in [0.15, 0.2) is 32.3 Å². The SMILES string of the molecule is CO/N=C/c1c(Br)cccc1Br. The van der Waals surface area contributed by atoms with Crippen molar-refractivity contribution in [2.24, 2.45) is 5.16 Å². The molecule has 0 saturated carbocycles. The van der Waals surface area contributed by atoms with Crippen LogP contribution in [0, 0.1) is 0 Å². The van der Waals surface area contributed by atoms with Gasteiger partial charge in [0.2, 0.25) is 0 Å². The Labute approximate surface area is 87.9 Å². The van der Waals surface area contributed by atoms with E-state index in [1.165, 1.54) is 7.11 Å². The molecule has 1 aromatic carbocycles. The van der Waals surface area contributed by atoms with Gasteiger partial charge in [-0.25, -0.2) is 0 Å². The minimum absolute atomic E-state index is 0.972. The van der Waals surface area contributed by atoms with Crippen LogP contribution in [-0.2, 0) is 4.84 Å². The van der Waals surface area contributed by atoms with E-state index < -0.39 is 0 Å². The van der Waals surface area contributed by atoms with Gasteiger partial charge in [0.05, 0.1) is 6.21 Å². The summed E-state index contributed by atoms with van der Waals surface area (Å²) >= 11 is 6.80. The molecule has 0 atom stereocenters. The third kappa shape index (κ3) is 2.32. The van der Waals surface area contributed by atoms with E-state index in [4.69, 9.17) is 0 Å². The molecule has 0 amide bonds. The molecule has 4 heteroatoms. The molecule has 0 heterocycles. The van der Waals surface area contributed by atoms with Gasteiger partial charge in [-0.15, -0.1) is 0 Å². The van der Waals surface area contributed by atoms with Crippen LogP contribution in [0.1, 0.15) is 5.56 Å². The fourth-order valence-corrected chi connectivity index (χ4v) is 1.94. The van der Waals surface area contributed by atoms with Gasteiger partial charge in [-0.3, -0.25) is 0 Å². The molecule has 1 rings (SSSR count). The molecule has 0 aromatic heterocycles. The molecule has 0 saturated heterocycles. The van der Waals surface area contributed by atoms with Crippen LogP contribution >= 0.6 is 31.9 Å². The zero-order chi connectivity index (χ0) is 8.97. The molecule has 0 aliphatic heterocycles. The van der Waals surface area contributed by atoms with Gasteiger partial charge in [-0.1, -0.05) is 43.1 Å². The van der Waals surface area contributed by atoms with Crippen molar-refractivity contribution < 1.29 is 4.84 Å². The fraction of sp³-hybridized carbons (Fsp3) is 0.125. The van der Waals surface area contributed by atoms with E-state index in [0.717, 1.165) is 14.5 Å². The first kappa shape index (κ1) is 9.74. The topological polar surface area (TPSA) is 21.6 Å². The van der Waals surface area contributed by atoms with Crippen molar-refractivity contribution in [3.05, 3.63) is 32.7 Å². The van der Waals surface area contributed by atoms with Gasteiger partial charge in [-0.05, 0) is 12.1 Å². The summed E-state index contributed by atoms with van der Waals surface area (Å²) in [6.45, 7) is 0. The smallest absolute Gasteiger partial charge is 0.106 e. The van der Waals surface area contributed by atoms with Crippen molar-refractivity contribution in [1.82, 2.24) is 0 Å². The predicted octanol–water partition coefficient (Wildman–Crippen LogP) is 3.19. The van der Waals surface area contributed by atoms with Crippen LogP contribution in [-0.4, -0.2) is 13.3 Å². The lowest BCUT2D eigenvalue weighted by Gasteiger charge is -1.99. The zero-order valence-electron chi connectivity index (χ0n) is 6.42. The second-order valence-electron chi connectivity index (χ2n) is 2.05. The van der Waals surface area contributed by atoms with Crippen molar-refractivity contribution in [3.8, 4) is 0 Å². The molecule has 0 fully saturated rings. The summed E-state index contributed by atoms with van der Waals surface area (Å²) in [6.07, 6.45) is 1.65. The molecule has 0 aliphatic rings. The Hall–Kier alpha value is -0.350. The zero-order valence-corrected chi connectivity index (χ0v) is 9.59. The maximum Gasteiger partial charge on any atom is 0.106 e. The number of oxime groups is 1. The molecular weight excluding hydrogens is 286 g/mol. The van der Waals surface area contributed by atoms with Crippen LogP contribution < -0.4 is 0 Å². The van der Waals surface area contributed by atoms with Gasteiger partial charge in [0.1, 0.15) is 7.11 Å². The molecule has 1 aromatic rings. The summed E-state index contributed by atoms with van der Waals surface area (Å²) in [7, 11) is 1.52. The maximum absolute atomic E-state index is 4.58. The first-order chi connectivity index (χ1) is 5.75. The average Bonchev–Trinajstić information content (AvgIpc) is 2.04. The molecule has 0 unspecified atom stereocenters. The summed E-state index contributed by atoms with van der Waals surface area (Å²) in [5, 5.41) is 3.68. The fourth-order valence-electron chi connectivity index (χ4n) is 0.739. The highest BCUT2D eigenvalue weighted by Gasteiger charge is 2.00. The third-order valence-electron chi connectivity index (χ3n) is 1.29. The van der Waals surface area contributed by atoms with Gasteiger partial charge >= 0.3 is 0 Å². The summed E-state index contributed by atoms with van der Waals surface area (Å²) in [4.78, 5) is 4.58. The van der Waals surface area contributed by atoms with Gasteiger partial charge < -0.3 is 4.84 Å². The van der Waals surface area contributed by atoms with E-state index in [1.807, 2.05) is 18.2 Å².